The molecule has 2 N–H and O–H groups in total. The Balaban J connectivity index is 1.31. The smallest absolute Gasteiger partial charge is 0.413 e. The third-order valence-electron chi connectivity index (χ3n) is 6.43. The fourth-order valence-electron chi connectivity index (χ4n) is 4.49. The SMILES string of the molecule is CCOc1cnc(NC(=O)N(C)[C@@H]2CCCN(c3nccc(NC(=O)O[C@H]4CCCN(C)C4)n3)C2)cn1. The molecular weight excluding hydrogens is 478 g/mol. The summed E-state index contributed by atoms with van der Waals surface area (Å²) >= 11 is 0. The van der Waals surface area contributed by atoms with Crippen molar-refractivity contribution in [3.8, 4) is 5.88 Å². The van der Waals surface area contributed by atoms with Crippen LogP contribution in [0.25, 0.3) is 0 Å². The van der Waals surface area contributed by atoms with Gasteiger partial charge in [0.25, 0.3) is 0 Å². The first-order chi connectivity index (χ1) is 17.9. The van der Waals surface area contributed by atoms with Crippen molar-refractivity contribution >= 4 is 29.7 Å². The number of piperidine rings is 2. The van der Waals surface area contributed by atoms with E-state index < -0.39 is 6.09 Å². The number of urea groups is 1. The van der Waals surface area contributed by atoms with Crippen LogP contribution in [0.1, 0.15) is 32.6 Å². The summed E-state index contributed by atoms with van der Waals surface area (Å²) in [6.45, 7) is 5.40. The van der Waals surface area contributed by atoms with Gasteiger partial charge in [-0.15, -0.1) is 0 Å². The maximum Gasteiger partial charge on any atom is 0.413 e. The van der Waals surface area contributed by atoms with Crippen LogP contribution in [-0.2, 0) is 4.74 Å². The maximum atomic E-state index is 12.8. The van der Waals surface area contributed by atoms with Gasteiger partial charge in [-0.1, -0.05) is 0 Å². The molecule has 2 aromatic rings. The van der Waals surface area contributed by atoms with Gasteiger partial charge in [0.1, 0.15) is 11.9 Å². The first-order valence-electron chi connectivity index (χ1n) is 12.6. The van der Waals surface area contributed by atoms with Crippen LogP contribution in [0.2, 0.25) is 0 Å². The van der Waals surface area contributed by atoms with Crippen molar-refractivity contribution in [2.24, 2.45) is 0 Å². The summed E-state index contributed by atoms with van der Waals surface area (Å²) in [6.07, 6.45) is 7.47. The molecule has 3 amide bonds. The Labute approximate surface area is 216 Å². The summed E-state index contributed by atoms with van der Waals surface area (Å²) < 4.78 is 10.8. The second kappa shape index (κ2) is 12.5. The molecule has 37 heavy (non-hydrogen) atoms. The van der Waals surface area contributed by atoms with Gasteiger partial charge < -0.3 is 24.2 Å². The molecule has 4 rings (SSSR count). The fraction of sp³-hybridized carbons (Fsp3) is 0.583. The number of amides is 3. The Morgan fingerprint density at radius 3 is 2.68 bits per heavy atom. The second-order valence-electron chi connectivity index (χ2n) is 9.25. The number of likely N-dealkylation sites (N-methyl/N-ethyl adjacent to an activating group) is 2. The van der Waals surface area contributed by atoms with Crippen molar-refractivity contribution in [3.05, 3.63) is 24.7 Å². The van der Waals surface area contributed by atoms with E-state index in [2.05, 4.69) is 35.5 Å². The lowest BCUT2D eigenvalue weighted by Gasteiger charge is -2.37. The third-order valence-corrected chi connectivity index (χ3v) is 6.43. The average Bonchev–Trinajstić information content (AvgIpc) is 2.89. The van der Waals surface area contributed by atoms with E-state index in [-0.39, 0.29) is 18.2 Å². The van der Waals surface area contributed by atoms with E-state index in [1.54, 1.807) is 24.2 Å². The van der Waals surface area contributed by atoms with Gasteiger partial charge in [0.2, 0.25) is 11.8 Å². The van der Waals surface area contributed by atoms with E-state index in [0.29, 0.717) is 36.6 Å². The third kappa shape index (κ3) is 7.38. The number of ether oxygens (including phenoxy) is 2. The zero-order chi connectivity index (χ0) is 26.2. The predicted octanol–water partition coefficient (Wildman–Crippen LogP) is 2.44. The Morgan fingerprint density at radius 2 is 1.92 bits per heavy atom. The summed E-state index contributed by atoms with van der Waals surface area (Å²) in [5.74, 6) is 1.62. The number of aromatic nitrogens is 4. The number of nitrogens with zero attached hydrogens (tertiary/aromatic N) is 7. The zero-order valence-electron chi connectivity index (χ0n) is 21.6. The van der Waals surface area contributed by atoms with Gasteiger partial charge in [-0.25, -0.2) is 24.5 Å². The van der Waals surface area contributed by atoms with Gasteiger partial charge >= 0.3 is 12.1 Å². The topological polar surface area (TPSA) is 138 Å². The van der Waals surface area contributed by atoms with Crippen LogP contribution < -0.4 is 20.3 Å². The van der Waals surface area contributed by atoms with Crippen LogP contribution in [0.5, 0.6) is 5.88 Å². The molecule has 0 bridgehead atoms. The number of carbonyl (C=O) groups is 2. The number of hydrogen-bond donors (Lipinski definition) is 2. The summed E-state index contributed by atoms with van der Waals surface area (Å²) in [7, 11) is 3.77. The summed E-state index contributed by atoms with van der Waals surface area (Å²) in [5.41, 5.74) is 0. The molecule has 200 valence electrons. The second-order valence-corrected chi connectivity index (χ2v) is 9.25. The number of likely N-dealkylation sites (tertiary alicyclic amines) is 1. The molecule has 0 radical (unpaired) electrons. The van der Waals surface area contributed by atoms with Gasteiger partial charge in [-0.2, -0.15) is 4.98 Å². The van der Waals surface area contributed by atoms with Gasteiger partial charge in [-0.3, -0.25) is 10.6 Å². The highest BCUT2D eigenvalue weighted by Crippen LogP contribution is 2.21. The Bertz CT molecular complexity index is 1050. The van der Waals surface area contributed by atoms with Gasteiger partial charge in [0, 0.05) is 32.9 Å². The van der Waals surface area contributed by atoms with E-state index >= 15 is 0 Å². The minimum absolute atomic E-state index is 0.0575. The van der Waals surface area contributed by atoms with Crippen LogP contribution in [-0.4, -0.2) is 101 Å². The van der Waals surface area contributed by atoms with Gasteiger partial charge in [0.05, 0.1) is 25.0 Å². The Morgan fingerprint density at radius 1 is 1.08 bits per heavy atom. The molecule has 4 heterocycles. The van der Waals surface area contributed by atoms with E-state index in [1.807, 2.05) is 18.9 Å². The molecule has 2 aromatic heterocycles. The molecule has 0 aromatic carbocycles. The van der Waals surface area contributed by atoms with E-state index in [0.717, 1.165) is 45.3 Å². The lowest BCUT2D eigenvalue weighted by atomic mass is 10.1. The van der Waals surface area contributed by atoms with Crippen molar-refractivity contribution in [2.45, 2.75) is 44.8 Å². The highest BCUT2D eigenvalue weighted by atomic mass is 16.6. The highest BCUT2D eigenvalue weighted by molar-refractivity contribution is 5.88. The van der Waals surface area contributed by atoms with Crippen molar-refractivity contribution in [2.75, 3.05) is 62.4 Å². The van der Waals surface area contributed by atoms with Crippen LogP contribution >= 0.6 is 0 Å². The zero-order valence-corrected chi connectivity index (χ0v) is 21.6. The monoisotopic (exact) mass is 513 g/mol. The summed E-state index contributed by atoms with van der Waals surface area (Å²) in [6, 6.07) is 1.30. The van der Waals surface area contributed by atoms with Crippen molar-refractivity contribution < 1.29 is 19.1 Å². The average molecular weight is 514 g/mol. The molecule has 13 heteroatoms. The van der Waals surface area contributed by atoms with Crippen LogP contribution in [0.3, 0.4) is 0 Å². The van der Waals surface area contributed by atoms with E-state index in [9.17, 15) is 9.59 Å². The number of anilines is 3. The van der Waals surface area contributed by atoms with Crippen LogP contribution in [0.4, 0.5) is 27.2 Å². The van der Waals surface area contributed by atoms with Crippen LogP contribution in [0.15, 0.2) is 24.7 Å². The standard InChI is InChI=1S/C24H35N9O4/c1-4-36-21-14-26-20(13-27-21)29-23(34)32(3)17-7-5-12-33(15-17)22-25-10-9-19(28-22)30-24(35)37-18-8-6-11-31(2)16-18/h9-10,13-14,17-18H,4-8,11-12,15-16H2,1-3H3,(H,26,29,34)(H,25,28,30,35)/t17-,18+/m1/s1. The lowest BCUT2D eigenvalue weighted by molar-refractivity contribution is 0.0593. The molecular formula is C24H35N9O4. The molecule has 2 aliphatic heterocycles. The van der Waals surface area contributed by atoms with Crippen molar-refractivity contribution in [3.63, 3.8) is 0 Å². The van der Waals surface area contributed by atoms with Crippen molar-refractivity contribution in [1.82, 2.24) is 29.7 Å². The molecule has 2 fully saturated rings. The van der Waals surface area contributed by atoms with E-state index in [1.165, 1.54) is 12.4 Å². The molecule has 13 nitrogen and oxygen atoms in total. The largest absolute Gasteiger partial charge is 0.477 e. The van der Waals surface area contributed by atoms with Gasteiger partial charge in [-0.05, 0) is 52.3 Å². The number of rotatable bonds is 7. The molecule has 0 unspecified atom stereocenters. The van der Waals surface area contributed by atoms with E-state index in [4.69, 9.17) is 9.47 Å². The minimum atomic E-state index is -0.518. The number of hydrogen-bond acceptors (Lipinski definition) is 10. The predicted molar refractivity (Wildman–Crippen MR) is 138 cm³/mol. The van der Waals surface area contributed by atoms with Crippen molar-refractivity contribution in [1.29, 1.82) is 0 Å². The summed E-state index contributed by atoms with van der Waals surface area (Å²) in [5, 5.41) is 5.49. The van der Waals surface area contributed by atoms with Gasteiger partial charge in [0.15, 0.2) is 5.82 Å². The maximum absolute atomic E-state index is 12.8. The number of carbonyl (C=O) groups excluding carboxylic acids is 2. The fourth-order valence-corrected chi connectivity index (χ4v) is 4.49. The normalized spacial score (nSPS) is 20.1. The lowest BCUT2D eigenvalue weighted by Crippen LogP contribution is -2.50. The molecule has 0 aliphatic carbocycles. The summed E-state index contributed by atoms with van der Waals surface area (Å²) in [4.78, 5) is 48.3. The highest BCUT2D eigenvalue weighted by Gasteiger charge is 2.28. The Kier molecular flexibility index (Phi) is 8.88. The molecule has 2 aliphatic rings. The molecule has 0 spiro atoms. The molecule has 0 saturated carbocycles. The number of nitrogens with one attached hydrogen (secondary N) is 2. The first kappa shape index (κ1) is 26.3. The minimum Gasteiger partial charge on any atom is -0.477 e. The molecule has 2 atom stereocenters. The first-order valence-corrected chi connectivity index (χ1v) is 12.6. The molecule has 2 saturated heterocycles. The van der Waals surface area contributed by atoms with Crippen LogP contribution in [0, 0.1) is 0 Å². The quantitative estimate of drug-likeness (QED) is 0.568. The Hall–Kier alpha value is -3.74.